The molecule has 0 aliphatic carbocycles. The van der Waals surface area contributed by atoms with Crippen molar-refractivity contribution in [2.24, 2.45) is 5.92 Å². The van der Waals surface area contributed by atoms with Crippen molar-refractivity contribution >= 4 is 18.5 Å². The monoisotopic (exact) mass is 205 g/mol. The predicted octanol–water partition coefficient (Wildman–Crippen LogP) is 0.829. The third-order valence-electron chi connectivity index (χ3n) is 1.93. The lowest BCUT2D eigenvalue weighted by Crippen LogP contribution is -2.39. The van der Waals surface area contributed by atoms with Crippen molar-refractivity contribution in [1.82, 2.24) is 5.32 Å². The Morgan fingerprint density at radius 2 is 2.15 bits per heavy atom. The van der Waals surface area contributed by atoms with E-state index in [1.54, 1.807) is 0 Å². The first-order valence-corrected chi connectivity index (χ1v) is 5.26. The van der Waals surface area contributed by atoms with Crippen LogP contribution in [0, 0.1) is 5.92 Å². The van der Waals surface area contributed by atoms with Crippen LogP contribution >= 0.6 is 12.6 Å². The Hall–Kier alpha value is -0.220. The van der Waals surface area contributed by atoms with Gasteiger partial charge >= 0.3 is 0 Å². The standard InChI is InChI=1S/C9H19NO2S/c1-7(2)8(3-5-11)10-9(12)4-6-13/h7-8,11,13H,3-6H2,1-2H3,(H,10,12). The fraction of sp³-hybridized carbons (Fsp3) is 0.889. The molecule has 0 aromatic rings. The minimum absolute atomic E-state index is 0.0159. The SMILES string of the molecule is CC(C)C(CCO)NC(=O)CCS. The number of amides is 1. The van der Waals surface area contributed by atoms with E-state index in [1.165, 1.54) is 0 Å². The van der Waals surface area contributed by atoms with Crippen LogP contribution < -0.4 is 5.32 Å². The first kappa shape index (κ1) is 12.8. The van der Waals surface area contributed by atoms with E-state index in [4.69, 9.17) is 5.11 Å². The molecule has 2 N–H and O–H groups in total. The number of carbonyl (C=O) groups is 1. The molecule has 1 atom stereocenters. The summed E-state index contributed by atoms with van der Waals surface area (Å²) >= 11 is 3.98. The Morgan fingerprint density at radius 3 is 2.54 bits per heavy atom. The molecule has 0 bridgehead atoms. The van der Waals surface area contributed by atoms with Crippen LogP contribution in [-0.4, -0.2) is 29.4 Å². The quantitative estimate of drug-likeness (QED) is 0.563. The fourth-order valence-electron chi connectivity index (χ4n) is 1.09. The summed E-state index contributed by atoms with van der Waals surface area (Å²) in [4.78, 5) is 11.2. The zero-order chi connectivity index (χ0) is 10.3. The Bertz CT molecular complexity index is 151. The molecule has 0 radical (unpaired) electrons. The first-order valence-electron chi connectivity index (χ1n) is 4.63. The molecule has 0 aromatic carbocycles. The Balaban J connectivity index is 3.86. The normalized spacial score (nSPS) is 13.0. The number of aliphatic hydroxyl groups excluding tert-OH is 1. The molecule has 0 spiro atoms. The van der Waals surface area contributed by atoms with Crippen molar-refractivity contribution in [2.45, 2.75) is 32.7 Å². The summed E-state index contributed by atoms with van der Waals surface area (Å²) < 4.78 is 0. The lowest BCUT2D eigenvalue weighted by Gasteiger charge is -2.21. The maximum absolute atomic E-state index is 11.2. The molecule has 78 valence electrons. The van der Waals surface area contributed by atoms with Crippen LogP contribution in [0.3, 0.4) is 0 Å². The van der Waals surface area contributed by atoms with E-state index in [1.807, 2.05) is 13.8 Å². The molecular formula is C9H19NO2S. The number of rotatable bonds is 6. The molecule has 0 aromatic heterocycles. The van der Waals surface area contributed by atoms with E-state index in [-0.39, 0.29) is 18.6 Å². The van der Waals surface area contributed by atoms with Crippen molar-refractivity contribution in [3.05, 3.63) is 0 Å². The van der Waals surface area contributed by atoms with E-state index in [2.05, 4.69) is 17.9 Å². The highest BCUT2D eigenvalue weighted by atomic mass is 32.1. The number of thiol groups is 1. The minimum Gasteiger partial charge on any atom is -0.396 e. The minimum atomic E-state index is 0.0159. The van der Waals surface area contributed by atoms with Gasteiger partial charge in [-0.05, 0) is 18.1 Å². The van der Waals surface area contributed by atoms with Crippen LogP contribution in [0.5, 0.6) is 0 Å². The summed E-state index contributed by atoms with van der Waals surface area (Å²) in [7, 11) is 0. The van der Waals surface area contributed by atoms with Crippen LogP contribution in [0.2, 0.25) is 0 Å². The largest absolute Gasteiger partial charge is 0.396 e. The summed E-state index contributed by atoms with van der Waals surface area (Å²) in [5, 5.41) is 11.6. The molecule has 0 aliphatic heterocycles. The van der Waals surface area contributed by atoms with Crippen molar-refractivity contribution in [3.63, 3.8) is 0 Å². The number of hydrogen-bond acceptors (Lipinski definition) is 3. The third-order valence-corrected chi connectivity index (χ3v) is 2.15. The van der Waals surface area contributed by atoms with Crippen LogP contribution in [-0.2, 0) is 4.79 Å². The number of carbonyl (C=O) groups excluding carboxylic acids is 1. The van der Waals surface area contributed by atoms with Crippen molar-refractivity contribution in [2.75, 3.05) is 12.4 Å². The zero-order valence-electron chi connectivity index (χ0n) is 8.29. The summed E-state index contributed by atoms with van der Waals surface area (Å²) in [6.45, 7) is 4.17. The van der Waals surface area contributed by atoms with E-state index in [0.29, 0.717) is 24.5 Å². The topological polar surface area (TPSA) is 49.3 Å². The van der Waals surface area contributed by atoms with Gasteiger partial charge in [-0.1, -0.05) is 13.8 Å². The first-order chi connectivity index (χ1) is 6.11. The lowest BCUT2D eigenvalue weighted by atomic mass is 10.0. The fourth-order valence-corrected chi connectivity index (χ4v) is 1.29. The van der Waals surface area contributed by atoms with E-state index >= 15 is 0 Å². The molecule has 0 heterocycles. The van der Waals surface area contributed by atoms with Crippen LogP contribution in [0.25, 0.3) is 0 Å². The third kappa shape index (κ3) is 5.93. The molecule has 13 heavy (non-hydrogen) atoms. The van der Waals surface area contributed by atoms with Crippen LogP contribution in [0.15, 0.2) is 0 Å². The van der Waals surface area contributed by atoms with Gasteiger partial charge in [0.25, 0.3) is 0 Å². The molecule has 3 nitrogen and oxygen atoms in total. The Morgan fingerprint density at radius 1 is 1.54 bits per heavy atom. The average Bonchev–Trinajstić information content (AvgIpc) is 2.04. The summed E-state index contributed by atoms with van der Waals surface area (Å²) in [6.07, 6.45) is 1.06. The van der Waals surface area contributed by atoms with Gasteiger partial charge in [-0.15, -0.1) is 0 Å². The van der Waals surface area contributed by atoms with Gasteiger partial charge in [-0.25, -0.2) is 0 Å². The number of hydrogen-bond donors (Lipinski definition) is 3. The molecule has 0 fully saturated rings. The van der Waals surface area contributed by atoms with Gasteiger partial charge in [0.2, 0.25) is 5.91 Å². The van der Waals surface area contributed by atoms with Crippen molar-refractivity contribution in [3.8, 4) is 0 Å². The second kappa shape index (κ2) is 7.21. The zero-order valence-corrected chi connectivity index (χ0v) is 9.18. The lowest BCUT2D eigenvalue weighted by molar-refractivity contribution is -0.121. The number of nitrogens with one attached hydrogen (secondary N) is 1. The molecule has 1 unspecified atom stereocenters. The molecular weight excluding hydrogens is 186 g/mol. The molecule has 1 amide bonds. The van der Waals surface area contributed by atoms with Gasteiger partial charge < -0.3 is 10.4 Å². The van der Waals surface area contributed by atoms with Crippen LogP contribution in [0.1, 0.15) is 26.7 Å². The Kier molecular flexibility index (Phi) is 7.09. The average molecular weight is 205 g/mol. The van der Waals surface area contributed by atoms with Gasteiger partial charge in [-0.2, -0.15) is 12.6 Å². The maximum Gasteiger partial charge on any atom is 0.221 e. The highest BCUT2D eigenvalue weighted by Crippen LogP contribution is 2.05. The van der Waals surface area contributed by atoms with E-state index in [9.17, 15) is 4.79 Å². The molecule has 0 aliphatic rings. The molecule has 4 heteroatoms. The number of aliphatic hydroxyl groups is 1. The molecule has 0 rings (SSSR count). The van der Waals surface area contributed by atoms with Gasteiger partial charge in [-0.3, -0.25) is 4.79 Å². The van der Waals surface area contributed by atoms with Gasteiger partial charge in [0.1, 0.15) is 0 Å². The molecule has 0 saturated heterocycles. The van der Waals surface area contributed by atoms with E-state index in [0.717, 1.165) is 0 Å². The highest BCUT2D eigenvalue weighted by Gasteiger charge is 2.14. The highest BCUT2D eigenvalue weighted by molar-refractivity contribution is 7.80. The predicted molar refractivity (Wildman–Crippen MR) is 56.9 cm³/mol. The summed E-state index contributed by atoms with van der Waals surface area (Å²) in [5.41, 5.74) is 0. The molecule has 0 saturated carbocycles. The van der Waals surface area contributed by atoms with Gasteiger partial charge in [0.05, 0.1) is 0 Å². The van der Waals surface area contributed by atoms with Gasteiger partial charge in [0, 0.05) is 19.1 Å². The second-order valence-corrected chi connectivity index (χ2v) is 3.85. The second-order valence-electron chi connectivity index (χ2n) is 3.40. The van der Waals surface area contributed by atoms with Crippen molar-refractivity contribution < 1.29 is 9.90 Å². The smallest absolute Gasteiger partial charge is 0.221 e. The Labute approximate surface area is 85.3 Å². The maximum atomic E-state index is 11.2. The van der Waals surface area contributed by atoms with Gasteiger partial charge in [0.15, 0.2) is 0 Å². The van der Waals surface area contributed by atoms with Crippen LogP contribution in [0.4, 0.5) is 0 Å². The van der Waals surface area contributed by atoms with E-state index < -0.39 is 0 Å². The van der Waals surface area contributed by atoms with Crippen molar-refractivity contribution in [1.29, 1.82) is 0 Å². The summed E-state index contributed by atoms with van der Waals surface area (Å²) in [6, 6.07) is 0.0809. The summed E-state index contributed by atoms with van der Waals surface area (Å²) in [5.74, 6) is 0.939.